The van der Waals surface area contributed by atoms with Crippen LogP contribution in [0.3, 0.4) is 0 Å². The second-order valence-corrected chi connectivity index (χ2v) is 4.97. The van der Waals surface area contributed by atoms with Gasteiger partial charge in [0.25, 0.3) is 0 Å². The first kappa shape index (κ1) is 12.6. The Morgan fingerprint density at radius 1 is 1.41 bits per heavy atom. The minimum atomic E-state index is -0.657. The van der Waals surface area contributed by atoms with Gasteiger partial charge in [-0.15, -0.1) is 0 Å². The van der Waals surface area contributed by atoms with E-state index in [1.54, 1.807) is 0 Å². The zero-order valence-corrected chi connectivity index (χ0v) is 10.3. The topological polar surface area (TPSA) is 38.7 Å². The van der Waals surface area contributed by atoms with Gasteiger partial charge < -0.3 is 14.6 Å². The van der Waals surface area contributed by atoms with E-state index in [1.165, 1.54) is 5.56 Å². The van der Waals surface area contributed by atoms with Crippen molar-refractivity contribution in [3.05, 3.63) is 35.9 Å². The molecule has 1 unspecified atom stereocenters. The summed E-state index contributed by atoms with van der Waals surface area (Å²) < 4.78 is 11.2. The highest BCUT2D eigenvalue weighted by molar-refractivity contribution is 5.13. The summed E-state index contributed by atoms with van der Waals surface area (Å²) in [6.45, 7) is 3.45. The van der Waals surface area contributed by atoms with Crippen LogP contribution in [0.2, 0.25) is 0 Å². The quantitative estimate of drug-likeness (QED) is 0.870. The van der Waals surface area contributed by atoms with Gasteiger partial charge in [0.15, 0.2) is 0 Å². The van der Waals surface area contributed by atoms with Crippen LogP contribution in [0.5, 0.6) is 0 Å². The van der Waals surface area contributed by atoms with Crippen LogP contribution >= 0.6 is 0 Å². The third-order valence-corrected chi connectivity index (χ3v) is 3.05. The molecule has 3 heteroatoms. The number of benzene rings is 1. The Kier molecular flexibility index (Phi) is 4.15. The monoisotopic (exact) mass is 236 g/mol. The molecule has 0 saturated carbocycles. The normalized spacial score (nSPS) is 29.2. The molecule has 1 aliphatic rings. The van der Waals surface area contributed by atoms with Crippen molar-refractivity contribution in [2.75, 3.05) is 13.2 Å². The van der Waals surface area contributed by atoms with Crippen molar-refractivity contribution in [1.29, 1.82) is 0 Å². The fraction of sp³-hybridized carbons (Fsp3) is 0.571. The molecule has 1 aromatic rings. The van der Waals surface area contributed by atoms with Crippen molar-refractivity contribution in [1.82, 2.24) is 0 Å². The molecule has 2 atom stereocenters. The Labute approximate surface area is 102 Å². The van der Waals surface area contributed by atoms with Crippen LogP contribution in [0.1, 0.15) is 25.3 Å². The number of aliphatic hydroxyl groups is 1. The number of hydrogen-bond acceptors (Lipinski definition) is 3. The lowest BCUT2D eigenvalue weighted by atomic mass is 9.96. The third-order valence-electron chi connectivity index (χ3n) is 3.05. The minimum Gasteiger partial charge on any atom is -0.388 e. The summed E-state index contributed by atoms with van der Waals surface area (Å²) in [4.78, 5) is 0. The molecule has 0 amide bonds. The Bertz CT molecular complexity index is 325. The average Bonchev–Trinajstić information content (AvgIpc) is 2.33. The van der Waals surface area contributed by atoms with E-state index in [4.69, 9.17) is 9.47 Å². The first-order valence-corrected chi connectivity index (χ1v) is 6.11. The number of ether oxygens (including phenoxy) is 2. The van der Waals surface area contributed by atoms with Crippen LogP contribution in [0, 0.1) is 0 Å². The summed E-state index contributed by atoms with van der Waals surface area (Å²) in [5.74, 6) is 0. The second-order valence-electron chi connectivity index (χ2n) is 4.97. The van der Waals surface area contributed by atoms with Crippen LogP contribution in [-0.2, 0) is 16.1 Å². The summed E-state index contributed by atoms with van der Waals surface area (Å²) >= 11 is 0. The summed E-state index contributed by atoms with van der Waals surface area (Å²) in [5.41, 5.74) is 0.519. The minimum absolute atomic E-state index is 0.124. The standard InChI is InChI=1S/C14H20O3/c1-14(15)8-7-13(17-11-14)10-16-9-12-5-3-2-4-6-12/h2-6,13,15H,7-11H2,1H3/t13?,14-/m0/s1. The van der Waals surface area contributed by atoms with E-state index in [1.807, 2.05) is 37.3 Å². The van der Waals surface area contributed by atoms with Gasteiger partial charge in [-0.1, -0.05) is 30.3 Å². The van der Waals surface area contributed by atoms with Crippen molar-refractivity contribution in [2.24, 2.45) is 0 Å². The molecular weight excluding hydrogens is 216 g/mol. The van der Waals surface area contributed by atoms with Crippen molar-refractivity contribution < 1.29 is 14.6 Å². The molecular formula is C14H20O3. The Morgan fingerprint density at radius 2 is 2.18 bits per heavy atom. The maximum absolute atomic E-state index is 9.73. The van der Waals surface area contributed by atoms with E-state index in [0.29, 0.717) is 19.8 Å². The van der Waals surface area contributed by atoms with Gasteiger partial charge >= 0.3 is 0 Å². The summed E-state index contributed by atoms with van der Waals surface area (Å²) in [7, 11) is 0. The molecule has 0 bridgehead atoms. The molecule has 17 heavy (non-hydrogen) atoms. The molecule has 0 aliphatic carbocycles. The maximum atomic E-state index is 9.73. The lowest BCUT2D eigenvalue weighted by molar-refractivity contribution is -0.129. The fourth-order valence-electron chi connectivity index (χ4n) is 1.94. The molecule has 1 saturated heterocycles. The van der Waals surface area contributed by atoms with Crippen molar-refractivity contribution in [3.63, 3.8) is 0 Å². The van der Waals surface area contributed by atoms with E-state index >= 15 is 0 Å². The highest BCUT2D eigenvalue weighted by atomic mass is 16.5. The highest BCUT2D eigenvalue weighted by Crippen LogP contribution is 2.22. The van der Waals surface area contributed by atoms with Gasteiger partial charge in [0, 0.05) is 0 Å². The summed E-state index contributed by atoms with van der Waals surface area (Å²) in [5, 5.41) is 9.73. The van der Waals surface area contributed by atoms with Crippen LogP contribution in [-0.4, -0.2) is 30.0 Å². The van der Waals surface area contributed by atoms with Crippen molar-refractivity contribution in [2.45, 2.75) is 38.1 Å². The van der Waals surface area contributed by atoms with Gasteiger partial charge in [-0.2, -0.15) is 0 Å². The predicted molar refractivity (Wildman–Crippen MR) is 65.7 cm³/mol. The van der Waals surface area contributed by atoms with Gasteiger partial charge in [0.2, 0.25) is 0 Å². The van der Waals surface area contributed by atoms with E-state index in [9.17, 15) is 5.11 Å². The van der Waals surface area contributed by atoms with Crippen molar-refractivity contribution in [3.8, 4) is 0 Å². The van der Waals surface area contributed by atoms with Crippen LogP contribution < -0.4 is 0 Å². The SMILES string of the molecule is C[C@]1(O)CCC(COCc2ccccc2)OC1. The fourth-order valence-corrected chi connectivity index (χ4v) is 1.94. The zero-order chi connectivity index (χ0) is 12.1. The molecule has 1 N–H and O–H groups in total. The third kappa shape index (κ3) is 4.11. The molecule has 1 fully saturated rings. The summed E-state index contributed by atoms with van der Waals surface area (Å²) in [6.07, 6.45) is 1.77. The molecule has 1 aromatic carbocycles. The Hall–Kier alpha value is -0.900. The molecule has 1 heterocycles. The van der Waals surface area contributed by atoms with E-state index in [-0.39, 0.29) is 6.10 Å². The molecule has 94 valence electrons. The number of hydrogen-bond donors (Lipinski definition) is 1. The lowest BCUT2D eigenvalue weighted by Gasteiger charge is -2.33. The van der Waals surface area contributed by atoms with Gasteiger partial charge in [-0.05, 0) is 25.3 Å². The number of rotatable bonds is 4. The maximum Gasteiger partial charge on any atom is 0.0853 e. The second kappa shape index (κ2) is 5.63. The first-order valence-electron chi connectivity index (χ1n) is 6.11. The first-order chi connectivity index (χ1) is 8.16. The summed E-state index contributed by atoms with van der Waals surface area (Å²) in [6, 6.07) is 10.1. The highest BCUT2D eigenvalue weighted by Gasteiger charge is 2.29. The molecule has 0 aromatic heterocycles. The lowest BCUT2D eigenvalue weighted by Crippen LogP contribution is -2.40. The van der Waals surface area contributed by atoms with E-state index < -0.39 is 5.60 Å². The van der Waals surface area contributed by atoms with Gasteiger partial charge in [-0.25, -0.2) is 0 Å². The van der Waals surface area contributed by atoms with Crippen LogP contribution in [0.25, 0.3) is 0 Å². The Morgan fingerprint density at radius 3 is 2.82 bits per heavy atom. The molecule has 0 spiro atoms. The van der Waals surface area contributed by atoms with Crippen molar-refractivity contribution >= 4 is 0 Å². The molecule has 2 rings (SSSR count). The van der Waals surface area contributed by atoms with E-state index in [2.05, 4.69) is 0 Å². The largest absolute Gasteiger partial charge is 0.388 e. The molecule has 1 aliphatic heterocycles. The zero-order valence-electron chi connectivity index (χ0n) is 10.3. The van der Waals surface area contributed by atoms with E-state index in [0.717, 1.165) is 12.8 Å². The van der Waals surface area contributed by atoms with Gasteiger partial charge in [0.1, 0.15) is 0 Å². The average molecular weight is 236 g/mol. The molecule has 3 nitrogen and oxygen atoms in total. The Balaban J connectivity index is 1.67. The molecule has 0 radical (unpaired) electrons. The smallest absolute Gasteiger partial charge is 0.0853 e. The van der Waals surface area contributed by atoms with Crippen LogP contribution in [0.4, 0.5) is 0 Å². The predicted octanol–water partition coefficient (Wildman–Crippen LogP) is 2.13. The van der Waals surface area contributed by atoms with Crippen LogP contribution in [0.15, 0.2) is 30.3 Å². The van der Waals surface area contributed by atoms with Gasteiger partial charge in [-0.3, -0.25) is 0 Å². The van der Waals surface area contributed by atoms with Gasteiger partial charge in [0.05, 0.1) is 31.5 Å².